The molecule has 6 nitrogen and oxygen atoms in total. The molecule has 2 heterocycles. The zero-order valence-electron chi connectivity index (χ0n) is 13.0. The summed E-state index contributed by atoms with van der Waals surface area (Å²) < 4.78 is 1.76. The van der Waals surface area contributed by atoms with Crippen LogP contribution in [-0.2, 0) is 23.1 Å². The van der Waals surface area contributed by atoms with Gasteiger partial charge in [0.15, 0.2) is 0 Å². The van der Waals surface area contributed by atoms with Gasteiger partial charge in [0.05, 0.1) is 18.7 Å². The zero-order chi connectivity index (χ0) is 15.4. The van der Waals surface area contributed by atoms with Gasteiger partial charge >= 0.3 is 0 Å². The first-order valence-electron chi connectivity index (χ1n) is 7.63. The van der Waals surface area contributed by atoms with E-state index in [1.807, 2.05) is 33.3 Å². The summed E-state index contributed by atoms with van der Waals surface area (Å²) in [5.41, 5.74) is 1.12. The molecule has 0 radical (unpaired) electrons. The Morgan fingerprint density at radius 1 is 1.38 bits per heavy atom. The molecule has 2 rings (SSSR count). The molecule has 1 N–H and O–H groups in total. The Balaban J connectivity index is 1.87. The summed E-state index contributed by atoms with van der Waals surface area (Å²) in [6, 6.07) is -0.329. The molecule has 1 unspecified atom stereocenters. The second-order valence-corrected chi connectivity index (χ2v) is 5.56. The number of carbonyl (C=O) groups excluding carboxylic acids is 2. The normalized spacial score (nSPS) is 19.0. The van der Waals surface area contributed by atoms with Crippen LogP contribution >= 0.6 is 0 Å². The number of carbonyl (C=O) groups is 2. The van der Waals surface area contributed by atoms with Gasteiger partial charge in [0.2, 0.25) is 11.8 Å². The maximum absolute atomic E-state index is 12.3. The molecule has 116 valence electrons. The molecule has 1 aromatic heterocycles. The lowest BCUT2D eigenvalue weighted by Gasteiger charge is -2.24. The van der Waals surface area contributed by atoms with Crippen molar-refractivity contribution in [2.45, 2.75) is 51.6 Å². The molecule has 0 aromatic carbocycles. The minimum atomic E-state index is -0.366. The van der Waals surface area contributed by atoms with Crippen LogP contribution in [0.3, 0.4) is 0 Å². The first-order chi connectivity index (χ1) is 10.1. The molecule has 21 heavy (non-hydrogen) atoms. The summed E-state index contributed by atoms with van der Waals surface area (Å²) in [7, 11) is 1.88. The van der Waals surface area contributed by atoms with E-state index >= 15 is 0 Å². The quantitative estimate of drug-likeness (QED) is 0.757. The maximum atomic E-state index is 12.3. The van der Waals surface area contributed by atoms with Crippen molar-refractivity contribution in [1.29, 1.82) is 0 Å². The highest BCUT2D eigenvalue weighted by molar-refractivity contribution is 6.05. The predicted molar refractivity (Wildman–Crippen MR) is 79.5 cm³/mol. The van der Waals surface area contributed by atoms with E-state index in [0.29, 0.717) is 6.54 Å². The average molecular weight is 292 g/mol. The van der Waals surface area contributed by atoms with Gasteiger partial charge in [0.1, 0.15) is 0 Å². The number of rotatable bonds is 7. The van der Waals surface area contributed by atoms with Crippen molar-refractivity contribution in [3.63, 3.8) is 0 Å². The van der Waals surface area contributed by atoms with Gasteiger partial charge in [0.25, 0.3) is 0 Å². The fourth-order valence-electron chi connectivity index (χ4n) is 2.84. The number of nitrogens with one attached hydrogen (secondary N) is 1. The number of aryl methyl sites for hydroxylation is 1. The van der Waals surface area contributed by atoms with E-state index in [0.717, 1.165) is 24.8 Å². The monoisotopic (exact) mass is 292 g/mol. The summed E-state index contributed by atoms with van der Waals surface area (Å²) in [6.45, 7) is 4.70. The maximum Gasteiger partial charge on any atom is 0.247 e. The lowest BCUT2D eigenvalue weighted by Crippen LogP contribution is -2.44. The van der Waals surface area contributed by atoms with Crippen molar-refractivity contribution in [2.75, 3.05) is 6.54 Å². The van der Waals surface area contributed by atoms with Crippen molar-refractivity contribution in [1.82, 2.24) is 20.0 Å². The van der Waals surface area contributed by atoms with Gasteiger partial charge in [-0.05, 0) is 24.8 Å². The van der Waals surface area contributed by atoms with E-state index in [1.54, 1.807) is 4.68 Å². The predicted octanol–water partition coefficient (Wildman–Crippen LogP) is 0.868. The van der Waals surface area contributed by atoms with E-state index in [-0.39, 0.29) is 30.3 Å². The molecule has 1 atom stereocenters. The second-order valence-electron chi connectivity index (χ2n) is 5.56. The summed E-state index contributed by atoms with van der Waals surface area (Å²) in [5.74, 6) is -0.118. The van der Waals surface area contributed by atoms with Crippen LogP contribution in [0.15, 0.2) is 12.4 Å². The molecule has 1 fully saturated rings. The fraction of sp³-hybridized carbons (Fsp3) is 0.667. The number of imide groups is 1. The number of hydrogen-bond donors (Lipinski definition) is 1. The highest BCUT2D eigenvalue weighted by Crippen LogP contribution is 2.20. The SMILES string of the molecule is CCC(CC)N1C(=O)CC(NCCc2cnn(C)c2)C1=O. The highest BCUT2D eigenvalue weighted by Gasteiger charge is 2.40. The lowest BCUT2D eigenvalue weighted by molar-refractivity contribution is -0.141. The van der Waals surface area contributed by atoms with E-state index in [9.17, 15) is 9.59 Å². The third-order valence-electron chi connectivity index (χ3n) is 4.05. The molecule has 1 aromatic rings. The first kappa shape index (κ1) is 15.7. The Bertz CT molecular complexity index is 508. The van der Waals surface area contributed by atoms with Gasteiger partial charge in [-0.1, -0.05) is 13.8 Å². The standard InChI is InChI=1S/C15H24N4O2/c1-4-12(5-2)19-14(20)8-13(15(19)21)16-7-6-11-9-17-18(3)10-11/h9-10,12-13,16H,4-8H2,1-3H3. The van der Waals surface area contributed by atoms with Crippen molar-refractivity contribution < 1.29 is 9.59 Å². The van der Waals surface area contributed by atoms with Crippen LogP contribution in [0.1, 0.15) is 38.7 Å². The Kier molecular flexibility index (Phi) is 5.12. The number of hydrogen-bond acceptors (Lipinski definition) is 4. The Morgan fingerprint density at radius 2 is 2.10 bits per heavy atom. The van der Waals surface area contributed by atoms with Gasteiger partial charge in [-0.25, -0.2) is 0 Å². The van der Waals surface area contributed by atoms with Gasteiger partial charge in [0, 0.05) is 25.8 Å². The molecular weight excluding hydrogens is 268 g/mol. The zero-order valence-corrected chi connectivity index (χ0v) is 13.0. The summed E-state index contributed by atoms with van der Waals surface area (Å²) in [6.07, 6.45) is 6.49. The number of amides is 2. The van der Waals surface area contributed by atoms with Crippen LogP contribution in [0, 0.1) is 0 Å². The van der Waals surface area contributed by atoms with Crippen LogP contribution in [0.25, 0.3) is 0 Å². The van der Waals surface area contributed by atoms with E-state index in [4.69, 9.17) is 0 Å². The second kappa shape index (κ2) is 6.85. The molecule has 0 aliphatic carbocycles. The van der Waals surface area contributed by atoms with Gasteiger partial charge < -0.3 is 5.32 Å². The van der Waals surface area contributed by atoms with Crippen molar-refractivity contribution in [2.24, 2.45) is 7.05 Å². The smallest absolute Gasteiger partial charge is 0.247 e. The Hall–Kier alpha value is -1.69. The average Bonchev–Trinajstić information content (AvgIpc) is 2.98. The molecule has 0 spiro atoms. The molecule has 6 heteroatoms. The minimum absolute atomic E-state index is 0.0372. The Labute approximate surface area is 125 Å². The van der Waals surface area contributed by atoms with Crippen molar-refractivity contribution in [3.8, 4) is 0 Å². The third kappa shape index (κ3) is 3.50. The van der Waals surface area contributed by atoms with Crippen LogP contribution in [-0.4, -0.2) is 45.1 Å². The molecule has 0 saturated carbocycles. The minimum Gasteiger partial charge on any atom is -0.305 e. The molecular formula is C15H24N4O2. The number of aromatic nitrogens is 2. The van der Waals surface area contributed by atoms with Gasteiger partial charge in [-0.3, -0.25) is 19.2 Å². The molecule has 1 aliphatic rings. The summed E-state index contributed by atoms with van der Waals surface area (Å²) >= 11 is 0. The number of nitrogens with zero attached hydrogens (tertiary/aromatic N) is 3. The van der Waals surface area contributed by atoms with Crippen LogP contribution in [0.4, 0.5) is 0 Å². The van der Waals surface area contributed by atoms with Crippen LogP contribution in [0.2, 0.25) is 0 Å². The van der Waals surface area contributed by atoms with Gasteiger partial charge in [-0.2, -0.15) is 5.10 Å². The molecule has 0 bridgehead atoms. The van der Waals surface area contributed by atoms with Crippen molar-refractivity contribution >= 4 is 11.8 Å². The fourth-order valence-corrected chi connectivity index (χ4v) is 2.84. The Morgan fingerprint density at radius 3 is 2.67 bits per heavy atom. The molecule has 2 amide bonds. The van der Waals surface area contributed by atoms with Crippen LogP contribution in [0.5, 0.6) is 0 Å². The van der Waals surface area contributed by atoms with Gasteiger partial charge in [-0.15, -0.1) is 0 Å². The van der Waals surface area contributed by atoms with Crippen molar-refractivity contribution in [3.05, 3.63) is 18.0 Å². The summed E-state index contributed by atoms with van der Waals surface area (Å²) in [4.78, 5) is 25.9. The van der Waals surface area contributed by atoms with E-state index < -0.39 is 0 Å². The number of likely N-dealkylation sites (tertiary alicyclic amines) is 1. The van der Waals surface area contributed by atoms with Crippen LogP contribution < -0.4 is 5.32 Å². The first-order valence-corrected chi connectivity index (χ1v) is 7.63. The van der Waals surface area contributed by atoms with E-state index in [2.05, 4.69) is 10.4 Å². The summed E-state index contributed by atoms with van der Waals surface area (Å²) in [5, 5.41) is 7.31. The largest absolute Gasteiger partial charge is 0.305 e. The lowest BCUT2D eigenvalue weighted by atomic mass is 10.1. The molecule has 1 aliphatic heterocycles. The topological polar surface area (TPSA) is 67.2 Å². The third-order valence-corrected chi connectivity index (χ3v) is 4.05. The molecule has 1 saturated heterocycles. The highest BCUT2D eigenvalue weighted by atomic mass is 16.2. The van der Waals surface area contributed by atoms with E-state index in [1.165, 1.54) is 4.90 Å².